The van der Waals surface area contributed by atoms with Crippen LogP contribution in [0.3, 0.4) is 0 Å². The van der Waals surface area contributed by atoms with Gasteiger partial charge in [-0.05, 0) is 12.8 Å². The van der Waals surface area contributed by atoms with Gasteiger partial charge in [-0.3, -0.25) is 4.79 Å². The number of amides is 3. The smallest absolute Gasteiger partial charge is 0.360 e. The molecule has 0 saturated heterocycles. The van der Waals surface area contributed by atoms with Crippen LogP contribution in [-0.4, -0.2) is 16.5 Å². The Hall–Kier alpha value is -1.21. The summed E-state index contributed by atoms with van der Waals surface area (Å²) in [6.45, 7) is 0. The van der Waals surface area contributed by atoms with Crippen LogP contribution >= 0.6 is 0 Å². The lowest BCUT2D eigenvalue weighted by molar-refractivity contribution is -0.121. The summed E-state index contributed by atoms with van der Waals surface area (Å²) in [5, 5.41) is 2.52. The molecule has 6 nitrogen and oxygen atoms in total. The highest BCUT2D eigenvalue weighted by Gasteiger charge is 2.38. The third-order valence-corrected chi connectivity index (χ3v) is 3.79. The minimum absolute atomic E-state index is 0.441. The maximum absolute atomic E-state index is 11.5. The second-order valence-corrected chi connectivity index (χ2v) is 4.74. The van der Waals surface area contributed by atoms with E-state index in [1.165, 1.54) is 0 Å². The van der Waals surface area contributed by atoms with E-state index in [2.05, 4.69) is 10.0 Å². The number of nitrogens with one attached hydrogen (secondary N) is 2. The highest BCUT2D eigenvalue weighted by atomic mass is 32.2. The number of primary amides is 1. The molecule has 3 amide bonds. The molecule has 0 bridgehead atoms. The Labute approximate surface area is 89.6 Å². The van der Waals surface area contributed by atoms with Gasteiger partial charge in [0.05, 0.1) is 11.6 Å². The first-order valence-electron chi connectivity index (χ1n) is 4.61. The number of urea groups is 1. The molecule has 0 aromatic heterocycles. The van der Waals surface area contributed by atoms with Crippen molar-refractivity contribution in [1.82, 2.24) is 10.0 Å². The molecule has 2 unspecified atom stereocenters. The van der Waals surface area contributed by atoms with Gasteiger partial charge in [0.25, 0.3) is 0 Å². The third-order valence-electron chi connectivity index (χ3n) is 2.55. The third kappa shape index (κ3) is 1.80. The maximum atomic E-state index is 11.5. The normalized spacial score (nSPS) is 30.3. The fourth-order valence-electron chi connectivity index (χ4n) is 1.87. The lowest BCUT2D eigenvalue weighted by Crippen LogP contribution is -2.49. The molecule has 82 valence electrons. The average Bonchev–Trinajstić information content (AvgIpc) is 2.16. The van der Waals surface area contributed by atoms with Crippen molar-refractivity contribution in [1.29, 1.82) is 0 Å². The van der Waals surface area contributed by atoms with Gasteiger partial charge >= 0.3 is 6.03 Å². The Morgan fingerprint density at radius 1 is 1.60 bits per heavy atom. The predicted molar refractivity (Wildman–Crippen MR) is 53.4 cm³/mol. The molecule has 15 heavy (non-hydrogen) atoms. The monoisotopic (exact) mass is 229 g/mol. The first-order valence-corrected chi connectivity index (χ1v) is 5.76. The molecular formula is C8H11N3O3S. The van der Waals surface area contributed by atoms with Gasteiger partial charge in [-0.2, -0.15) is 0 Å². The fourth-order valence-corrected chi connectivity index (χ4v) is 2.93. The van der Waals surface area contributed by atoms with E-state index in [-0.39, 0.29) is 0 Å². The molecule has 1 heterocycles. The van der Waals surface area contributed by atoms with E-state index in [0.29, 0.717) is 23.4 Å². The molecule has 0 spiro atoms. The number of hydrogen-bond acceptors (Lipinski definition) is 3. The molecule has 7 heteroatoms. The molecule has 1 aliphatic heterocycles. The van der Waals surface area contributed by atoms with Gasteiger partial charge in [0.2, 0.25) is 5.91 Å². The Morgan fingerprint density at radius 2 is 2.33 bits per heavy atom. The number of carbonyl (C=O) groups excluding carboxylic acids is 2. The molecule has 2 rings (SSSR count). The van der Waals surface area contributed by atoms with Crippen molar-refractivity contribution in [2.24, 2.45) is 11.7 Å². The van der Waals surface area contributed by atoms with Crippen molar-refractivity contribution in [3.63, 3.8) is 0 Å². The average molecular weight is 229 g/mol. The van der Waals surface area contributed by atoms with Crippen LogP contribution in [0, 0.1) is 5.92 Å². The minimum Gasteiger partial charge on any atom is -0.588 e. The van der Waals surface area contributed by atoms with Crippen molar-refractivity contribution in [2.75, 3.05) is 0 Å². The van der Waals surface area contributed by atoms with Crippen LogP contribution in [0.25, 0.3) is 0 Å². The SMILES string of the molecule is NC(=O)C1CCCC2=C1NC(=O)N[S+]2[O-]. The second kappa shape index (κ2) is 3.74. The summed E-state index contributed by atoms with van der Waals surface area (Å²) in [5.74, 6) is -0.995. The van der Waals surface area contributed by atoms with Gasteiger partial charge in [0, 0.05) is 6.42 Å². The quantitative estimate of drug-likeness (QED) is 0.525. The van der Waals surface area contributed by atoms with E-state index >= 15 is 0 Å². The Morgan fingerprint density at radius 3 is 3.00 bits per heavy atom. The minimum atomic E-state index is -1.51. The number of carbonyl (C=O) groups is 2. The summed E-state index contributed by atoms with van der Waals surface area (Å²) >= 11 is -1.51. The number of rotatable bonds is 1. The van der Waals surface area contributed by atoms with Gasteiger partial charge in [-0.25, -0.2) is 4.79 Å². The Kier molecular flexibility index (Phi) is 2.57. The molecule has 0 saturated carbocycles. The van der Waals surface area contributed by atoms with Gasteiger partial charge in [-0.1, -0.05) is 0 Å². The molecule has 2 aliphatic rings. The molecule has 1 aliphatic carbocycles. The van der Waals surface area contributed by atoms with Crippen LogP contribution in [0.15, 0.2) is 10.6 Å². The molecule has 0 aromatic carbocycles. The molecule has 4 N–H and O–H groups in total. The van der Waals surface area contributed by atoms with Crippen LogP contribution in [-0.2, 0) is 16.2 Å². The number of allylic oxidation sites excluding steroid dienone is 1. The highest BCUT2D eigenvalue weighted by Crippen LogP contribution is 2.32. The van der Waals surface area contributed by atoms with E-state index in [4.69, 9.17) is 5.73 Å². The van der Waals surface area contributed by atoms with Crippen molar-refractivity contribution < 1.29 is 14.1 Å². The lowest BCUT2D eigenvalue weighted by Gasteiger charge is -2.29. The molecule has 0 radical (unpaired) electrons. The van der Waals surface area contributed by atoms with Crippen molar-refractivity contribution >= 4 is 23.3 Å². The standard InChI is InChI=1S/C8H11N3O3S/c9-7(12)4-2-1-3-5-6(4)10-8(13)11-15(5)14/h4H,1-3H2,(H2,9,12)(H2,10,11,13). The van der Waals surface area contributed by atoms with Gasteiger partial charge in [0.15, 0.2) is 4.91 Å². The molecular weight excluding hydrogens is 218 g/mol. The van der Waals surface area contributed by atoms with E-state index in [9.17, 15) is 14.1 Å². The highest BCUT2D eigenvalue weighted by molar-refractivity contribution is 7.94. The van der Waals surface area contributed by atoms with Gasteiger partial charge < -0.3 is 15.6 Å². The van der Waals surface area contributed by atoms with E-state index in [1.807, 2.05) is 0 Å². The number of nitrogens with two attached hydrogens (primary N) is 1. The van der Waals surface area contributed by atoms with Crippen molar-refractivity contribution in [2.45, 2.75) is 19.3 Å². The van der Waals surface area contributed by atoms with Crippen LogP contribution in [0.4, 0.5) is 4.79 Å². The summed E-state index contributed by atoms with van der Waals surface area (Å²) in [4.78, 5) is 22.8. The second-order valence-electron chi connectivity index (χ2n) is 3.51. The Balaban J connectivity index is 2.36. The zero-order valence-corrected chi connectivity index (χ0v) is 8.73. The summed E-state index contributed by atoms with van der Waals surface area (Å²) in [6.07, 6.45) is 1.99. The zero-order valence-electron chi connectivity index (χ0n) is 7.91. The molecule has 0 fully saturated rings. The molecule has 2 atom stereocenters. The fraction of sp³-hybridized carbons (Fsp3) is 0.500. The van der Waals surface area contributed by atoms with E-state index < -0.39 is 29.2 Å². The predicted octanol–water partition coefficient (Wildman–Crippen LogP) is -0.540. The van der Waals surface area contributed by atoms with E-state index in [0.717, 1.165) is 6.42 Å². The summed E-state index contributed by atoms with van der Waals surface area (Å²) in [5.41, 5.74) is 5.66. The summed E-state index contributed by atoms with van der Waals surface area (Å²) < 4.78 is 13.8. The van der Waals surface area contributed by atoms with Crippen molar-refractivity contribution in [3.05, 3.63) is 10.6 Å². The summed E-state index contributed by atoms with van der Waals surface area (Å²) in [7, 11) is 0. The van der Waals surface area contributed by atoms with Crippen LogP contribution < -0.4 is 15.8 Å². The maximum Gasteiger partial charge on any atom is 0.360 e. The first-order chi connectivity index (χ1) is 7.09. The number of hydrogen-bond donors (Lipinski definition) is 3. The topological polar surface area (TPSA) is 107 Å². The Bertz CT molecular complexity index is 355. The first kappa shape index (κ1) is 10.3. The van der Waals surface area contributed by atoms with Gasteiger partial charge in [0.1, 0.15) is 11.4 Å². The largest absolute Gasteiger partial charge is 0.588 e. The van der Waals surface area contributed by atoms with Gasteiger partial charge in [-0.15, -0.1) is 4.72 Å². The summed E-state index contributed by atoms with van der Waals surface area (Å²) in [6, 6.07) is -0.541. The van der Waals surface area contributed by atoms with Crippen molar-refractivity contribution in [3.8, 4) is 0 Å². The molecule has 0 aromatic rings. The van der Waals surface area contributed by atoms with E-state index in [1.54, 1.807) is 0 Å². The van der Waals surface area contributed by atoms with Crippen LogP contribution in [0.1, 0.15) is 19.3 Å². The van der Waals surface area contributed by atoms with Crippen LogP contribution in [0.2, 0.25) is 0 Å². The lowest BCUT2D eigenvalue weighted by atomic mass is 9.91. The zero-order chi connectivity index (χ0) is 11.0. The van der Waals surface area contributed by atoms with Crippen LogP contribution in [0.5, 0.6) is 0 Å².